The number of benzene rings is 1. The maximum Gasteiger partial charge on any atom is 0.239 e. The van der Waals surface area contributed by atoms with E-state index in [0.29, 0.717) is 30.9 Å². The van der Waals surface area contributed by atoms with Gasteiger partial charge in [-0.25, -0.2) is 8.42 Å². The summed E-state index contributed by atoms with van der Waals surface area (Å²) in [5.74, 6) is 1.49. The van der Waals surface area contributed by atoms with Gasteiger partial charge in [-0.05, 0) is 55.9 Å². The molecule has 1 N–H and O–H groups in total. The summed E-state index contributed by atoms with van der Waals surface area (Å²) in [4.78, 5) is 14.7. The van der Waals surface area contributed by atoms with Crippen LogP contribution in [-0.4, -0.2) is 57.8 Å². The third kappa shape index (κ3) is 5.84. The van der Waals surface area contributed by atoms with E-state index in [-0.39, 0.29) is 29.3 Å². The number of sulfone groups is 1. The van der Waals surface area contributed by atoms with Crippen LogP contribution in [0.4, 0.5) is 0 Å². The summed E-state index contributed by atoms with van der Waals surface area (Å²) < 4.78 is 28.6. The van der Waals surface area contributed by atoms with Crippen LogP contribution in [0.5, 0.6) is 5.75 Å². The Kier molecular flexibility index (Phi) is 8.16. The third-order valence-electron chi connectivity index (χ3n) is 5.70. The van der Waals surface area contributed by atoms with E-state index in [9.17, 15) is 13.2 Å². The van der Waals surface area contributed by atoms with Gasteiger partial charge in [-0.2, -0.15) is 0 Å². The first-order valence-corrected chi connectivity index (χ1v) is 11.7. The topological polar surface area (TPSA) is 75.7 Å². The van der Waals surface area contributed by atoms with Crippen molar-refractivity contribution >= 4 is 28.2 Å². The number of nitrogens with zero attached hydrogens (tertiary/aromatic N) is 1. The van der Waals surface area contributed by atoms with E-state index in [4.69, 9.17) is 4.74 Å². The van der Waals surface area contributed by atoms with Gasteiger partial charge in [0.15, 0.2) is 9.84 Å². The van der Waals surface area contributed by atoms with E-state index in [1.165, 1.54) is 31.9 Å². The van der Waals surface area contributed by atoms with Gasteiger partial charge in [0.1, 0.15) is 5.75 Å². The lowest BCUT2D eigenvalue weighted by atomic mass is 9.85. The largest absolute Gasteiger partial charge is 0.494 e. The SMILES string of the molecule is CN(CCCOc1ccc(S(C)(=O)=O)cc1)C(=O)C1CC2CCCCC2N1.Cl. The summed E-state index contributed by atoms with van der Waals surface area (Å²) in [5, 5.41) is 3.54. The fourth-order valence-electron chi connectivity index (χ4n) is 4.16. The van der Waals surface area contributed by atoms with E-state index >= 15 is 0 Å². The van der Waals surface area contributed by atoms with E-state index in [1.54, 1.807) is 29.2 Å². The van der Waals surface area contributed by atoms with Crippen LogP contribution in [0, 0.1) is 5.92 Å². The lowest BCUT2D eigenvalue weighted by molar-refractivity contribution is -0.132. The molecule has 2 fully saturated rings. The summed E-state index contributed by atoms with van der Waals surface area (Å²) in [5.41, 5.74) is 0. The number of fused-ring (bicyclic) bond motifs is 1. The number of carbonyl (C=O) groups excluding carboxylic acids is 1. The molecule has 1 saturated heterocycles. The molecule has 1 aliphatic heterocycles. The van der Waals surface area contributed by atoms with Crippen molar-refractivity contribution in [1.82, 2.24) is 10.2 Å². The van der Waals surface area contributed by atoms with Crippen molar-refractivity contribution in [1.29, 1.82) is 0 Å². The minimum Gasteiger partial charge on any atom is -0.494 e. The molecule has 1 aliphatic carbocycles. The summed E-state index contributed by atoms with van der Waals surface area (Å²) in [7, 11) is -1.33. The van der Waals surface area contributed by atoms with Crippen molar-refractivity contribution in [2.75, 3.05) is 26.5 Å². The molecule has 0 radical (unpaired) electrons. The first-order valence-electron chi connectivity index (χ1n) is 9.78. The molecule has 3 rings (SSSR count). The summed E-state index contributed by atoms with van der Waals surface area (Å²) >= 11 is 0. The molecule has 6 nitrogen and oxygen atoms in total. The molecule has 0 bridgehead atoms. The van der Waals surface area contributed by atoms with Gasteiger partial charge in [-0.3, -0.25) is 4.79 Å². The molecule has 2 aliphatic rings. The van der Waals surface area contributed by atoms with E-state index in [1.807, 2.05) is 7.05 Å². The Morgan fingerprint density at radius 1 is 1.21 bits per heavy atom. The predicted octanol–water partition coefficient (Wildman–Crippen LogP) is 2.66. The number of carbonyl (C=O) groups is 1. The predicted molar refractivity (Wildman–Crippen MR) is 112 cm³/mol. The monoisotopic (exact) mass is 430 g/mol. The summed E-state index contributed by atoms with van der Waals surface area (Å²) in [6, 6.07) is 6.91. The van der Waals surface area contributed by atoms with Gasteiger partial charge in [-0.1, -0.05) is 12.8 Å². The van der Waals surface area contributed by atoms with Crippen molar-refractivity contribution in [3.63, 3.8) is 0 Å². The highest BCUT2D eigenvalue weighted by Crippen LogP contribution is 2.33. The average molecular weight is 431 g/mol. The zero-order valence-corrected chi connectivity index (χ0v) is 18.2. The molecule has 3 unspecified atom stereocenters. The van der Waals surface area contributed by atoms with E-state index in [0.717, 1.165) is 12.8 Å². The highest BCUT2D eigenvalue weighted by molar-refractivity contribution is 7.90. The molecular formula is C20H31ClN2O4S. The standard InChI is InChI=1S/C20H30N2O4S.ClH/c1-22(20(23)19-14-15-6-3-4-7-18(15)21-19)12-5-13-26-16-8-10-17(11-9-16)27(2,24)25;/h8-11,15,18-19,21H,3-7,12-14H2,1-2H3;1H. The van der Waals surface area contributed by atoms with Crippen LogP contribution in [0.1, 0.15) is 38.5 Å². The molecule has 1 aromatic rings. The van der Waals surface area contributed by atoms with Crippen molar-refractivity contribution in [2.24, 2.45) is 5.92 Å². The Labute approximate surface area is 174 Å². The maximum atomic E-state index is 12.7. The van der Waals surface area contributed by atoms with Gasteiger partial charge in [0.2, 0.25) is 5.91 Å². The van der Waals surface area contributed by atoms with Gasteiger partial charge in [0.05, 0.1) is 17.5 Å². The normalized spacial score (nSPS) is 24.1. The zero-order chi connectivity index (χ0) is 19.4. The van der Waals surface area contributed by atoms with Crippen LogP contribution in [0.15, 0.2) is 29.2 Å². The van der Waals surface area contributed by atoms with Gasteiger partial charge in [0.25, 0.3) is 0 Å². The number of hydrogen-bond acceptors (Lipinski definition) is 5. The molecule has 1 aromatic carbocycles. The van der Waals surface area contributed by atoms with E-state index in [2.05, 4.69) is 5.32 Å². The number of rotatable bonds is 7. The lowest BCUT2D eigenvalue weighted by Crippen LogP contribution is -2.44. The Bertz CT molecular complexity index is 740. The Morgan fingerprint density at radius 3 is 2.54 bits per heavy atom. The molecule has 0 aromatic heterocycles. The third-order valence-corrected chi connectivity index (χ3v) is 6.82. The van der Waals surface area contributed by atoms with Crippen LogP contribution >= 0.6 is 12.4 Å². The number of likely N-dealkylation sites (N-methyl/N-ethyl adjacent to an activating group) is 1. The maximum absolute atomic E-state index is 12.7. The van der Waals surface area contributed by atoms with Crippen LogP contribution < -0.4 is 10.1 Å². The summed E-state index contributed by atoms with van der Waals surface area (Å²) in [6.45, 7) is 1.13. The molecule has 1 amide bonds. The average Bonchev–Trinajstić information content (AvgIpc) is 3.08. The van der Waals surface area contributed by atoms with Crippen molar-refractivity contribution in [3.8, 4) is 5.75 Å². The fraction of sp³-hybridized carbons (Fsp3) is 0.650. The second kappa shape index (κ2) is 9.94. The first kappa shape index (κ1) is 23.0. The van der Waals surface area contributed by atoms with Crippen molar-refractivity contribution in [3.05, 3.63) is 24.3 Å². The first-order chi connectivity index (χ1) is 12.8. The Morgan fingerprint density at radius 2 is 1.89 bits per heavy atom. The Balaban J connectivity index is 0.00000280. The molecule has 0 spiro atoms. The van der Waals surface area contributed by atoms with Gasteiger partial charge in [0, 0.05) is 25.9 Å². The fourth-order valence-corrected chi connectivity index (χ4v) is 4.79. The van der Waals surface area contributed by atoms with Crippen LogP contribution in [0.3, 0.4) is 0 Å². The number of ether oxygens (including phenoxy) is 1. The Hall–Kier alpha value is -1.31. The van der Waals surface area contributed by atoms with Crippen LogP contribution in [-0.2, 0) is 14.6 Å². The molecule has 1 heterocycles. The number of hydrogen-bond donors (Lipinski definition) is 1. The molecule has 158 valence electrons. The quantitative estimate of drug-likeness (QED) is 0.673. The number of nitrogens with one attached hydrogen (secondary N) is 1. The number of halogens is 1. The smallest absolute Gasteiger partial charge is 0.239 e. The van der Waals surface area contributed by atoms with Crippen LogP contribution in [0.25, 0.3) is 0 Å². The van der Waals surface area contributed by atoms with Gasteiger partial charge < -0.3 is 15.0 Å². The molecular weight excluding hydrogens is 400 g/mol. The number of amides is 1. The van der Waals surface area contributed by atoms with Gasteiger partial charge >= 0.3 is 0 Å². The minimum absolute atomic E-state index is 0. The highest BCUT2D eigenvalue weighted by atomic mass is 35.5. The second-order valence-electron chi connectivity index (χ2n) is 7.81. The highest BCUT2D eigenvalue weighted by Gasteiger charge is 2.38. The minimum atomic E-state index is -3.19. The summed E-state index contributed by atoms with van der Waals surface area (Å²) in [6.07, 6.45) is 7.90. The van der Waals surface area contributed by atoms with Crippen molar-refractivity contribution < 1.29 is 17.9 Å². The van der Waals surface area contributed by atoms with Crippen LogP contribution in [0.2, 0.25) is 0 Å². The van der Waals surface area contributed by atoms with E-state index < -0.39 is 9.84 Å². The lowest BCUT2D eigenvalue weighted by Gasteiger charge is -2.24. The second-order valence-corrected chi connectivity index (χ2v) is 9.83. The van der Waals surface area contributed by atoms with Gasteiger partial charge in [-0.15, -0.1) is 12.4 Å². The molecule has 1 saturated carbocycles. The van der Waals surface area contributed by atoms with Crippen molar-refractivity contribution in [2.45, 2.75) is 55.5 Å². The molecule has 3 atom stereocenters. The molecule has 28 heavy (non-hydrogen) atoms. The molecule has 8 heteroatoms. The zero-order valence-electron chi connectivity index (χ0n) is 16.6.